The fraction of sp³-hybridized carbons (Fsp3) is 0.548. The summed E-state index contributed by atoms with van der Waals surface area (Å²) in [5.74, 6) is 0. The smallest absolute Gasteiger partial charge is 1.00 e. The molecule has 2 saturated carbocycles. The van der Waals surface area contributed by atoms with Crippen LogP contribution in [0.2, 0.25) is 0 Å². The average Bonchev–Trinajstić information content (AvgIpc) is 3.45. The van der Waals surface area contributed by atoms with Gasteiger partial charge in [-0.3, -0.25) is 0 Å². The molecule has 0 atom stereocenters. The number of fused-ring (bicyclic) bond motifs is 1. The van der Waals surface area contributed by atoms with Crippen molar-refractivity contribution < 1.29 is 46.5 Å². The number of rotatable bonds is 6. The van der Waals surface area contributed by atoms with Crippen LogP contribution in [0.4, 0.5) is 0 Å². The Balaban J connectivity index is 0.000000407. The Morgan fingerprint density at radius 1 is 0.857 bits per heavy atom. The van der Waals surface area contributed by atoms with Gasteiger partial charge >= 0.3 is 21.7 Å². The zero-order chi connectivity index (χ0) is 22.2. The predicted octanol–water partition coefficient (Wildman–Crippen LogP) is 3.39. The standard InChI is InChI=1S/C21H28P.C10H15.2ClH.Ti/c1-3-11-19(12-4-1)22(20-13-5-2-6-14-20)21-15-17-9-7-8-10-18(17)16-21;1-3-4-7-10-8-5-6-9(10)2;;;/h7-10,15-16,19-20H,1-6,11-14H2;5-6,8H,3-4,7H2,1-2H3;2*1H;/q2*-1;;;+4/p-2. The SMILES string of the molecule is CCCC[c-]1cccc1C.[Cl-].[Cl-].[Ti+4].c1ccc2[cH-]c(P(C3CCCCC3)C3CCCCC3)cc2c1. The minimum absolute atomic E-state index is 0. The van der Waals surface area contributed by atoms with E-state index >= 15 is 0 Å². The summed E-state index contributed by atoms with van der Waals surface area (Å²) in [5.41, 5.74) is 5.02. The van der Waals surface area contributed by atoms with E-state index in [-0.39, 0.29) is 54.5 Å². The number of aryl methyl sites for hydroxylation is 2. The minimum atomic E-state index is 0. The average molecular weight is 565 g/mol. The quantitative estimate of drug-likeness (QED) is 0.244. The largest absolute Gasteiger partial charge is 4.00 e. The molecule has 0 amide bonds. The molecule has 0 bridgehead atoms. The first-order chi connectivity index (χ1) is 15.8. The van der Waals surface area contributed by atoms with Crippen LogP contribution >= 0.6 is 7.92 Å². The second-order valence-corrected chi connectivity index (χ2v) is 13.0. The third kappa shape index (κ3) is 9.30. The molecule has 35 heavy (non-hydrogen) atoms. The van der Waals surface area contributed by atoms with Crippen molar-refractivity contribution in [2.75, 3.05) is 0 Å². The molecule has 0 radical (unpaired) electrons. The van der Waals surface area contributed by atoms with E-state index in [0.717, 1.165) is 11.3 Å². The monoisotopic (exact) mass is 564 g/mol. The number of unbranched alkanes of at least 4 members (excludes halogenated alkanes) is 1. The van der Waals surface area contributed by atoms with Gasteiger partial charge in [0.25, 0.3) is 0 Å². The van der Waals surface area contributed by atoms with Gasteiger partial charge in [0.2, 0.25) is 0 Å². The third-order valence-electron chi connectivity index (χ3n) is 7.79. The number of hydrogen-bond donors (Lipinski definition) is 0. The molecule has 2 aliphatic carbocycles. The molecule has 0 aromatic heterocycles. The Morgan fingerprint density at radius 3 is 1.97 bits per heavy atom. The van der Waals surface area contributed by atoms with Gasteiger partial charge in [0.15, 0.2) is 0 Å². The molecule has 2 fully saturated rings. The first-order valence-corrected chi connectivity index (χ1v) is 14.9. The molecule has 0 nitrogen and oxygen atoms in total. The van der Waals surface area contributed by atoms with Crippen LogP contribution in [0, 0.1) is 6.92 Å². The van der Waals surface area contributed by atoms with Crippen molar-refractivity contribution in [2.45, 2.75) is 109 Å². The Morgan fingerprint density at radius 2 is 1.46 bits per heavy atom. The molecular formula is C31H43Cl2PTi. The van der Waals surface area contributed by atoms with Gasteiger partial charge in [0, 0.05) is 0 Å². The molecule has 0 saturated heterocycles. The molecule has 0 N–H and O–H groups in total. The van der Waals surface area contributed by atoms with Gasteiger partial charge in [0.1, 0.15) is 0 Å². The van der Waals surface area contributed by atoms with E-state index in [0.29, 0.717) is 0 Å². The summed E-state index contributed by atoms with van der Waals surface area (Å²) in [6, 6.07) is 20.6. The summed E-state index contributed by atoms with van der Waals surface area (Å²) in [4.78, 5) is 0. The molecule has 3 aromatic rings. The Bertz CT molecular complexity index is 883. The van der Waals surface area contributed by atoms with E-state index in [1.165, 1.54) is 105 Å². The van der Waals surface area contributed by atoms with Gasteiger partial charge in [-0.05, 0) is 37.0 Å². The molecule has 2 aliphatic rings. The van der Waals surface area contributed by atoms with Gasteiger partial charge in [-0.15, -0.1) is 40.3 Å². The molecule has 0 aliphatic heterocycles. The van der Waals surface area contributed by atoms with Gasteiger partial charge in [-0.1, -0.05) is 85.6 Å². The van der Waals surface area contributed by atoms with Crippen molar-refractivity contribution >= 4 is 24.0 Å². The fourth-order valence-electron chi connectivity index (χ4n) is 5.92. The van der Waals surface area contributed by atoms with Crippen LogP contribution in [0.15, 0.2) is 54.6 Å². The van der Waals surface area contributed by atoms with E-state index in [9.17, 15) is 0 Å². The summed E-state index contributed by atoms with van der Waals surface area (Å²) in [6.07, 6.45) is 18.8. The van der Waals surface area contributed by atoms with E-state index < -0.39 is 0 Å². The summed E-state index contributed by atoms with van der Waals surface area (Å²) >= 11 is 0. The van der Waals surface area contributed by atoms with Crippen LogP contribution in [-0.4, -0.2) is 11.3 Å². The third-order valence-corrected chi connectivity index (χ3v) is 11.2. The number of benzene rings is 1. The Labute approximate surface area is 243 Å². The van der Waals surface area contributed by atoms with Crippen LogP contribution in [0.1, 0.15) is 95.1 Å². The Kier molecular flexibility index (Phi) is 16.4. The molecule has 5 rings (SSSR count). The van der Waals surface area contributed by atoms with Gasteiger partial charge in [-0.2, -0.15) is 23.3 Å². The Hall–Kier alpha value is -0.0957. The van der Waals surface area contributed by atoms with Crippen molar-refractivity contribution in [1.29, 1.82) is 0 Å². The maximum Gasteiger partial charge on any atom is 4.00 e. The van der Waals surface area contributed by atoms with Crippen LogP contribution in [-0.2, 0) is 28.1 Å². The topological polar surface area (TPSA) is 0 Å². The predicted molar refractivity (Wildman–Crippen MR) is 145 cm³/mol. The maximum atomic E-state index is 2.55. The molecule has 0 unspecified atom stereocenters. The zero-order valence-electron chi connectivity index (χ0n) is 21.7. The van der Waals surface area contributed by atoms with Gasteiger partial charge < -0.3 is 24.8 Å². The molecule has 190 valence electrons. The zero-order valence-corrected chi connectivity index (χ0v) is 25.7. The van der Waals surface area contributed by atoms with Gasteiger partial charge in [0.05, 0.1) is 0 Å². The molecule has 0 heterocycles. The van der Waals surface area contributed by atoms with E-state index in [1.54, 1.807) is 5.30 Å². The first kappa shape index (κ1) is 32.9. The van der Waals surface area contributed by atoms with Crippen molar-refractivity contribution in [1.82, 2.24) is 0 Å². The van der Waals surface area contributed by atoms with E-state index in [1.807, 2.05) is 0 Å². The maximum absolute atomic E-state index is 2.55. The van der Waals surface area contributed by atoms with Gasteiger partial charge in [-0.25, -0.2) is 12.1 Å². The molecule has 3 aromatic carbocycles. The summed E-state index contributed by atoms with van der Waals surface area (Å²) in [5, 5.41) is 4.67. The van der Waals surface area contributed by atoms with Crippen molar-refractivity contribution in [3.63, 3.8) is 0 Å². The normalized spacial score (nSPS) is 16.5. The summed E-state index contributed by atoms with van der Waals surface area (Å²) in [7, 11) is 0.0611. The van der Waals surface area contributed by atoms with Crippen molar-refractivity contribution in [3.8, 4) is 0 Å². The molecule has 0 spiro atoms. The van der Waals surface area contributed by atoms with Crippen LogP contribution in [0.3, 0.4) is 0 Å². The second-order valence-electron chi connectivity index (χ2n) is 10.2. The minimum Gasteiger partial charge on any atom is -1.00 e. The fourth-order valence-corrected chi connectivity index (χ4v) is 9.78. The number of hydrogen-bond acceptors (Lipinski definition) is 0. The van der Waals surface area contributed by atoms with Crippen molar-refractivity contribution in [3.05, 3.63) is 65.7 Å². The summed E-state index contributed by atoms with van der Waals surface area (Å²) < 4.78 is 0. The van der Waals surface area contributed by atoms with Crippen molar-refractivity contribution in [2.24, 2.45) is 0 Å². The van der Waals surface area contributed by atoms with Crippen LogP contribution < -0.4 is 30.1 Å². The molecule has 4 heteroatoms. The first-order valence-electron chi connectivity index (χ1n) is 13.4. The number of halogens is 2. The summed E-state index contributed by atoms with van der Waals surface area (Å²) in [6.45, 7) is 4.42. The second kappa shape index (κ2) is 17.4. The van der Waals surface area contributed by atoms with E-state index in [2.05, 4.69) is 68.4 Å². The molecular weight excluding hydrogens is 522 g/mol. The van der Waals surface area contributed by atoms with Crippen LogP contribution in [0.25, 0.3) is 10.8 Å². The van der Waals surface area contributed by atoms with Crippen LogP contribution in [0.5, 0.6) is 0 Å². The van der Waals surface area contributed by atoms with E-state index in [4.69, 9.17) is 0 Å².